The van der Waals surface area contributed by atoms with Gasteiger partial charge in [0.2, 0.25) is 0 Å². The molecule has 0 aliphatic carbocycles. The molecule has 1 fully saturated rings. The van der Waals surface area contributed by atoms with E-state index in [0.717, 1.165) is 30.5 Å². The second-order valence-electron chi connectivity index (χ2n) is 4.03. The maximum Gasteiger partial charge on any atom is 0.127 e. The summed E-state index contributed by atoms with van der Waals surface area (Å²) in [5, 5.41) is 3.32. The molecule has 0 radical (unpaired) electrons. The minimum atomic E-state index is -0.160. The largest absolute Gasteiger partial charge is 0.380 e. The zero-order valence-electron chi connectivity index (χ0n) is 9.01. The van der Waals surface area contributed by atoms with Gasteiger partial charge in [-0.25, -0.2) is 4.39 Å². The van der Waals surface area contributed by atoms with Gasteiger partial charge in [0.1, 0.15) is 5.82 Å². The number of rotatable bonds is 3. The summed E-state index contributed by atoms with van der Waals surface area (Å²) in [4.78, 5) is 0. The Labute approximate surface area is 103 Å². The first-order chi connectivity index (χ1) is 7.75. The molecule has 0 bridgehead atoms. The summed E-state index contributed by atoms with van der Waals surface area (Å²) in [6.07, 6.45) is 2.19. The van der Waals surface area contributed by atoms with Crippen molar-refractivity contribution in [3.8, 4) is 0 Å². The van der Waals surface area contributed by atoms with Gasteiger partial charge in [-0.05, 0) is 31.0 Å². The third-order valence-electron chi connectivity index (χ3n) is 2.75. The van der Waals surface area contributed by atoms with Crippen molar-refractivity contribution >= 4 is 15.9 Å². The highest BCUT2D eigenvalue weighted by atomic mass is 79.9. The molecule has 4 heteroatoms. The quantitative estimate of drug-likeness (QED) is 0.923. The van der Waals surface area contributed by atoms with E-state index < -0.39 is 0 Å². The number of ether oxygens (including phenoxy) is 1. The topological polar surface area (TPSA) is 21.3 Å². The first kappa shape index (κ1) is 12.0. The van der Waals surface area contributed by atoms with E-state index >= 15 is 0 Å². The van der Waals surface area contributed by atoms with Gasteiger partial charge in [0.05, 0.1) is 6.61 Å². The molecular weight excluding hydrogens is 273 g/mol. The van der Waals surface area contributed by atoms with E-state index in [-0.39, 0.29) is 5.82 Å². The van der Waals surface area contributed by atoms with Gasteiger partial charge in [0, 0.05) is 29.2 Å². The number of halogens is 2. The van der Waals surface area contributed by atoms with Crippen LogP contribution in [0, 0.1) is 5.82 Å². The van der Waals surface area contributed by atoms with Crippen LogP contribution in [0.4, 0.5) is 4.39 Å². The van der Waals surface area contributed by atoms with Crippen LogP contribution in [0.2, 0.25) is 0 Å². The Bertz CT molecular complexity index is 353. The Hall–Kier alpha value is -0.450. The molecule has 0 amide bonds. The van der Waals surface area contributed by atoms with Crippen molar-refractivity contribution in [2.75, 3.05) is 13.2 Å². The Kier molecular flexibility index (Phi) is 4.32. The van der Waals surface area contributed by atoms with Crippen LogP contribution in [-0.2, 0) is 11.3 Å². The average molecular weight is 288 g/mol. The van der Waals surface area contributed by atoms with Gasteiger partial charge in [-0.1, -0.05) is 15.9 Å². The summed E-state index contributed by atoms with van der Waals surface area (Å²) in [7, 11) is 0. The molecule has 2 nitrogen and oxygen atoms in total. The highest BCUT2D eigenvalue weighted by Crippen LogP contribution is 2.16. The number of hydrogen-bond donors (Lipinski definition) is 1. The molecule has 1 aliphatic rings. The molecule has 1 atom stereocenters. The summed E-state index contributed by atoms with van der Waals surface area (Å²) < 4.78 is 19.7. The SMILES string of the molecule is Fc1ccc(Br)cc1CNC1CCCOC1. The molecule has 1 heterocycles. The lowest BCUT2D eigenvalue weighted by Gasteiger charge is -2.23. The molecule has 1 aromatic carbocycles. The number of hydrogen-bond acceptors (Lipinski definition) is 2. The molecule has 1 unspecified atom stereocenters. The predicted molar refractivity (Wildman–Crippen MR) is 64.8 cm³/mol. The van der Waals surface area contributed by atoms with Gasteiger partial charge in [0.15, 0.2) is 0 Å². The minimum Gasteiger partial charge on any atom is -0.380 e. The van der Waals surface area contributed by atoms with Crippen molar-refractivity contribution < 1.29 is 9.13 Å². The van der Waals surface area contributed by atoms with Crippen LogP contribution < -0.4 is 5.32 Å². The highest BCUT2D eigenvalue weighted by molar-refractivity contribution is 9.10. The van der Waals surface area contributed by atoms with Crippen molar-refractivity contribution in [1.82, 2.24) is 5.32 Å². The first-order valence-corrected chi connectivity index (χ1v) is 6.30. The normalized spacial score (nSPS) is 21.0. The van der Waals surface area contributed by atoms with Gasteiger partial charge in [-0.2, -0.15) is 0 Å². The smallest absolute Gasteiger partial charge is 0.127 e. The monoisotopic (exact) mass is 287 g/mol. The number of benzene rings is 1. The van der Waals surface area contributed by atoms with Gasteiger partial charge >= 0.3 is 0 Å². The standard InChI is InChI=1S/C12H15BrFNO/c13-10-3-4-12(14)9(6-10)7-15-11-2-1-5-16-8-11/h3-4,6,11,15H,1-2,5,7-8H2. The average Bonchev–Trinajstić information content (AvgIpc) is 2.32. The molecular formula is C12H15BrFNO. The van der Waals surface area contributed by atoms with Gasteiger partial charge in [-0.3, -0.25) is 0 Å². The molecule has 88 valence electrons. The van der Waals surface area contributed by atoms with E-state index in [1.54, 1.807) is 6.07 Å². The molecule has 1 aromatic rings. The zero-order chi connectivity index (χ0) is 11.4. The Balaban J connectivity index is 1.90. The van der Waals surface area contributed by atoms with Gasteiger partial charge in [-0.15, -0.1) is 0 Å². The fourth-order valence-electron chi connectivity index (χ4n) is 1.83. The van der Waals surface area contributed by atoms with Crippen LogP contribution in [0.1, 0.15) is 18.4 Å². The third kappa shape index (κ3) is 3.27. The minimum absolute atomic E-state index is 0.160. The molecule has 1 aliphatic heterocycles. The van der Waals surface area contributed by atoms with E-state index in [2.05, 4.69) is 21.2 Å². The van der Waals surface area contributed by atoms with Gasteiger partial charge in [0.25, 0.3) is 0 Å². The van der Waals surface area contributed by atoms with Crippen LogP contribution in [0.5, 0.6) is 0 Å². The second-order valence-corrected chi connectivity index (χ2v) is 4.95. The van der Waals surface area contributed by atoms with E-state index in [9.17, 15) is 4.39 Å². The Morgan fingerprint density at radius 3 is 3.12 bits per heavy atom. The molecule has 0 aromatic heterocycles. The molecule has 1 saturated heterocycles. The predicted octanol–water partition coefficient (Wildman–Crippen LogP) is 2.86. The highest BCUT2D eigenvalue weighted by Gasteiger charge is 2.13. The van der Waals surface area contributed by atoms with Crippen LogP contribution >= 0.6 is 15.9 Å². The lowest BCUT2D eigenvalue weighted by atomic mass is 10.1. The summed E-state index contributed by atoms with van der Waals surface area (Å²) in [5.41, 5.74) is 0.694. The van der Waals surface area contributed by atoms with Crippen LogP contribution in [-0.4, -0.2) is 19.3 Å². The maximum atomic E-state index is 13.4. The third-order valence-corrected chi connectivity index (χ3v) is 3.24. The molecule has 0 saturated carbocycles. The first-order valence-electron chi connectivity index (χ1n) is 5.51. The zero-order valence-corrected chi connectivity index (χ0v) is 10.6. The van der Waals surface area contributed by atoms with Crippen molar-refractivity contribution in [2.45, 2.75) is 25.4 Å². The fraction of sp³-hybridized carbons (Fsp3) is 0.500. The van der Waals surface area contributed by atoms with Gasteiger partial charge < -0.3 is 10.1 Å². The van der Waals surface area contributed by atoms with Crippen molar-refractivity contribution in [1.29, 1.82) is 0 Å². The van der Waals surface area contributed by atoms with E-state index in [0.29, 0.717) is 18.2 Å². The Morgan fingerprint density at radius 1 is 1.50 bits per heavy atom. The molecule has 0 spiro atoms. The fourth-order valence-corrected chi connectivity index (χ4v) is 2.24. The Morgan fingerprint density at radius 2 is 2.38 bits per heavy atom. The van der Waals surface area contributed by atoms with Crippen LogP contribution in [0.25, 0.3) is 0 Å². The van der Waals surface area contributed by atoms with E-state index in [1.807, 2.05) is 6.07 Å². The summed E-state index contributed by atoms with van der Waals surface area (Å²) >= 11 is 3.34. The van der Waals surface area contributed by atoms with E-state index in [4.69, 9.17) is 4.74 Å². The van der Waals surface area contributed by atoms with Crippen LogP contribution in [0.3, 0.4) is 0 Å². The summed E-state index contributed by atoms with van der Waals surface area (Å²) in [5.74, 6) is -0.160. The molecule has 2 rings (SSSR count). The van der Waals surface area contributed by atoms with E-state index in [1.165, 1.54) is 6.07 Å². The van der Waals surface area contributed by atoms with Crippen LogP contribution in [0.15, 0.2) is 22.7 Å². The second kappa shape index (κ2) is 5.75. The molecule has 1 N–H and O–H groups in total. The lowest BCUT2D eigenvalue weighted by Crippen LogP contribution is -2.36. The molecule has 16 heavy (non-hydrogen) atoms. The summed E-state index contributed by atoms with van der Waals surface area (Å²) in [6, 6.07) is 5.36. The van der Waals surface area contributed by atoms with Crippen molar-refractivity contribution in [3.63, 3.8) is 0 Å². The lowest BCUT2D eigenvalue weighted by molar-refractivity contribution is 0.0698. The summed E-state index contributed by atoms with van der Waals surface area (Å²) in [6.45, 7) is 2.14. The maximum absolute atomic E-state index is 13.4. The van der Waals surface area contributed by atoms with Crippen molar-refractivity contribution in [2.24, 2.45) is 0 Å². The number of nitrogens with one attached hydrogen (secondary N) is 1. The van der Waals surface area contributed by atoms with Crippen molar-refractivity contribution in [3.05, 3.63) is 34.1 Å².